The molecule has 5 nitrogen and oxygen atoms in total. The summed E-state index contributed by atoms with van der Waals surface area (Å²) in [5.41, 5.74) is 8.22. The summed E-state index contributed by atoms with van der Waals surface area (Å²) in [5, 5.41) is 2.97. The maximum absolute atomic E-state index is 12.2. The fourth-order valence-electron chi connectivity index (χ4n) is 2.91. The molecule has 0 fully saturated rings. The standard InChI is InChI=1S/C16H24N2O3S/c1-11-7-8-15(13-6-4-3-5-12(11)13)18-16(19)14(17)9-10-22(2,20)21/h3-6,11,14-15H,7-10,17H2,1-2H3,(H,18,19). The highest BCUT2D eigenvalue weighted by molar-refractivity contribution is 7.90. The number of hydrogen-bond donors (Lipinski definition) is 2. The number of sulfone groups is 1. The molecule has 1 aromatic rings. The molecular weight excluding hydrogens is 300 g/mol. The minimum Gasteiger partial charge on any atom is -0.348 e. The van der Waals surface area contributed by atoms with Gasteiger partial charge in [0, 0.05) is 6.26 Å². The molecule has 122 valence electrons. The molecule has 0 saturated carbocycles. The Hall–Kier alpha value is -1.40. The second kappa shape index (κ2) is 6.79. The van der Waals surface area contributed by atoms with E-state index in [1.807, 2.05) is 18.2 Å². The molecule has 0 spiro atoms. The molecule has 0 heterocycles. The number of hydrogen-bond acceptors (Lipinski definition) is 4. The lowest BCUT2D eigenvalue weighted by atomic mass is 9.81. The molecule has 1 aliphatic carbocycles. The van der Waals surface area contributed by atoms with Gasteiger partial charge in [0.15, 0.2) is 0 Å². The Morgan fingerprint density at radius 3 is 2.59 bits per heavy atom. The Labute approximate surface area is 132 Å². The van der Waals surface area contributed by atoms with Crippen molar-refractivity contribution in [2.24, 2.45) is 5.73 Å². The Bertz CT molecular complexity index is 643. The van der Waals surface area contributed by atoms with Gasteiger partial charge in [-0.1, -0.05) is 31.2 Å². The quantitative estimate of drug-likeness (QED) is 0.859. The Balaban J connectivity index is 2.02. The zero-order chi connectivity index (χ0) is 16.3. The molecule has 2 rings (SSSR count). The van der Waals surface area contributed by atoms with Gasteiger partial charge in [0.25, 0.3) is 0 Å². The van der Waals surface area contributed by atoms with Crippen molar-refractivity contribution in [2.45, 2.75) is 44.2 Å². The molecule has 6 heteroatoms. The first-order valence-corrected chi connectivity index (χ1v) is 9.66. The highest BCUT2D eigenvalue weighted by atomic mass is 32.2. The summed E-state index contributed by atoms with van der Waals surface area (Å²) in [6.45, 7) is 2.19. The number of benzene rings is 1. The summed E-state index contributed by atoms with van der Waals surface area (Å²) in [7, 11) is -3.10. The second-order valence-electron chi connectivity index (χ2n) is 6.19. The molecule has 0 bridgehead atoms. The van der Waals surface area contributed by atoms with Crippen molar-refractivity contribution in [2.75, 3.05) is 12.0 Å². The molecule has 0 radical (unpaired) electrons. The first-order valence-electron chi connectivity index (χ1n) is 7.60. The van der Waals surface area contributed by atoms with Crippen LogP contribution in [0.3, 0.4) is 0 Å². The molecule has 3 N–H and O–H groups in total. The first kappa shape index (κ1) is 17.0. The largest absolute Gasteiger partial charge is 0.348 e. The van der Waals surface area contributed by atoms with Crippen LogP contribution in [0.15, 0.2) is 24.3 Å². The predicted molar refractivity (Wildman–Crippen MR) is 87.3 cm³/mol. The Kier molecular flexibility index (Phi) is 5.24. The van der Waals surface area contributed by atoms with E-state index >= 15 is 0 Å². The van der Waals surface area contributed by atoms with Crippen molar-refractivity contribution in [1.82, 2.24) is 5.32 Å². The van der Waals surface area contributed by atoms with E-state index < -0.39 is 15.9 Å². The van der Waals surface area contributed by atoms with E-state index in [0.29, 0.717) is 5.92 Å². The molecule has 1 amide bonds. The van der Waals surface area contributed by atoms with Crippen LogP contribution in [-0.2, 0) is 14.6 Å². The van der Waals surface area contributed by atoms with Crippen LogP contribution in [0.5, 0.6) is 0 Å². The summed E-state index contributed by atoms with van der Waals surface area (Å²) < 4.78 is 22.3. The zero-order valence-electron chi connectivity index (χ0n) is 13.1. The van der Waals surface area contributed by atoms with Gasteiger partial charge in [-0.3, -0.25) is 4.79 Å². The Morgan fingerprint density at radius 2 is 1.95 bits per heavy atom. The van der Waals surface area contributed by atoms with Crippen LogP contribution >= 0.6 is 0 Å². The van der Waals surface area contributed by atoms with Crippen LogP contribution in [0.25, 0.3) is 0 Å². The number of rotatable bonds is 5. The zero-order valence-corrected chi connectivity index (χ0v) is 13.9. The van der Waals surface area contributed by atoms with Crippen molar-refractivity contribution in [3.8, 4) is 0 Å². The van der Waals surface area contributed by atoms with Gasteiger partial charge < -0.3 is 11.1 Å². The highest BCUT2D eigenvalue weighted by Crippen LogP contribution is 2.36. The number of carbonyl (C=O) groups excluding carboxylic acids is 1. The molecule has 0 saturated heterocycles. The summed E-state index contributed by atoms with van der Waals surface area (Å²) in [4.78, 5) is 12.2. The lowest BCUT2D eigenvalue weighted by Gasteiger charge is -2.31. The van der Waals surface area contributed by atoms with Crippen molar-refractivity contribution >= 4 is 15.7 Å². The third-order valence-corrected chi connectivity index (χ3v) is 5.22. The minimum atomic E-state index is -3.10. The summed E-state index contributed by atoms with van der Waals surface area (Å²) >= 11 is 0. The third kappa shape index (κ3) is 4.30. The van der Waals surface area contributed by atoms with Gasteiger partial charge in [0.2, 0.25) is 5.91 Å². The van der Waals surface area contributed by atoms with E-state index in [0.717, 1.165) is 24.7 Å². The third-order valence-electron chi connectivity index (χ3n) is 4.24. The van der Waals surface area contributed by atoms with Gasteiger partial charge >= 0.3 is 0 Å². The molecule has 3 atom stereocenters. The van der Waals surface area contributed by atoms with Crippen molar-refractivity contribution in [3.63, 3.8) is 0 Å². The smallest absolute Gasteiger partial charge is 0.237 e. The van der Waals surface area contributed by atoms with Gasteiger partial charge in [-0.15, -0.1) is 0 Å². The number of carbonyl (C=O) groups is 1. The highest BCUT2D eigenvalue weighted by Gasteiger charge is 2.27. The normalized spacial score (nSPS) is 22.7. The van der Waals surface area contributed by atoms with Crippen LogP contribution in [-0.4, -0.2) is 32.4 Å². The van der Waals surface area contributed by atoms with Crippen LogP contribution in [0.2, 0.25) is 0 Å². The molecule has 3 unspecified atom stereocenters. The van der Waals surface area contributed by atoms with E-state index in [2.05, 4.69) is 18.3 Å². The number of nitrogens with one attached hydrogen (secondary N) is 1. The van der Waals surface area contributed by atoms with E-state index in [-0.39, 0.29) is 24.1 Å². The Morgan fingerprint density at radius 1 is 1.32 bits per heavy atom. The predicted octanol–water partition coefficient (Wildman–Crippen LogP) is 1.50. The van der Waals surface area contributed by atoms with E-state index in [4.69, 9.17) is 5.73 Å². The van der Waals surface area contributed by atoms with Crippen molar-refractivity contribution in [1.29, 1.82) is 0 Å². The summed E-state index contributed by atoms with van der Waals surface area (Å²) in [6, 6.07) is 7.29. The molecule has 1 aromatic carbocycles. The van der Waals surface area contributed by atoms with Crippen LogP contribution in [0.1, 0.15) is 49.3 Å². The maximum Gasteiger partial charge on any atom is 0.237 e. The lowest BCUT2D eigenvalue weighted by molar-refractivity contribution is -0.123. The van der Waals surface area contributed by atoms with Gasteiger partial charge in [-0.05, 0) is 36.3 Å². The van der Waals surface area contributed by atoms with E-state index in [9.17, 15) is 13.2 Å². The van der Waals surface area contributed by atoms with Crippen molar-refractivity contribution in [3.05, 3.63) is 35.4 Å². The van der Waals surface area contributed by atoms with Crippen molar-refractivity contribution < 1.29 is 13.2 Å². The van der Waals surface area contributed by atoms with Crippen LogP contribution < -0.4 is 11.1 Å². The molecular formula is C16H24N2O3S. The first-order chi connectivity index (χ1) is 10.3. The molecule has 1 aliphatic rings. The average molecular weight is 324 g/mol. The molecule has 0 aromatic heterocycles. The van der Waals surface area contributed by atoms with Gasteiger partial charge in [0.1, 0.15) is 9.84 Å². The topological polar surface area (TPSA) is 89.3 Å². The number of amides is 1. The number of fused-ring (bicyclic) bond motifs is 1. The lowest BCUT2D eigenvalue weighted by Crippen LogP contribution is -2.43. The molecule has 0 aliphatic heterocycles. The van der Waals surface area contributed by atoms with Gasteiger partial charge in [-0.2, -0.15) is 0 Å². The van der Waals surface area contributed by atoms with Gasteiger partial charge in [0.05, 0.1) is 17.8 Å². The van der Waals surface area contributed by atoms with Gasteiger partial charge in [-0.25, -0.2) is 8.42 Å². The van der Waals surface area contributed by atoms with E-state index in [1.165, 1.54) is 5.56 Å². The fraction of sp³-hybridized carbons (Fsp3) is 0.562. The van der Waals surface area contributed by atoms with E-state index in [1.54, 1.807) is 0 Å². The van der Waals surface area contributed by atoms with Crippen LogP contribution in [0.4, 0.5) is 0 Å². The second-order valence-corrected chi connectivity index (χ2v) is 8.45. The molecule has 22 heavy (non-hydrogen) atoms. The SMILES string of the molecule is CC1CCC(NC(=O)C(N)CCS(C)(=O)=O)c2ccccc21. The fourth-order valence-corrected chi connectivity index (χ4v) is 3.59. The maximum atomic E-state index is 12.2. The summed E-state index contributed by atoms with van der Waals surface area (Å²) in [6.07, 6.45) is 3.19. The number of nitrogens with two attached hydrogens (primary N) is 1. The van der Waals surface area contributed by atoms with Crippen LogP contribution in [0, 0.1) is 0 Å². The summed E-state index contributed by atoms with van der Waals surface area (Å²) in [5.74, 6) is 0.140. The minimum absolute atomic E-state index is 0.0378. The average Bonchev–Trinajstić information content (AvgIpc) is 2.47. The monoisotopic (exact) mass is 324 g/mol.